The maximum absolute atomic E-state index is 12.7. The number of likely N-dealkylation sites (tertiary alicyclic amines) is 1. The summed E-state index contributed by atoms with van der Waals surface area (Å²) in [5.41, 5.74) is 2.12. The number of nitrogens with zero attached hydrogens (tertiary/aromatic N) is 2. The van der Waals surface area contributed by atoms with E-state index in [2.05, 4.69) is 17.2 Å². The number of aromatic nitrogens is 1. The molecule has 1 fully saturated rings. The molecule has 33 heavy (non-hydrogen) atoms. The van der Waals surface area contributed by atoms with Crippen molar-refractivity contribution in [3.8, 4) is 0 Å². The van der Waals surface area contributed by atoms with Gasteiger partial charge in [-0.15, -0.1) is 11.3 Å². The van der Waals surface area contributed by atoms with E-state index < -0.39 is 0 Å². The van der Waals surface area contributed by atoms with E-state index >= 15 is 0 Å². The highest BCUT2D eigenvalue weighted by molar-refractivity contribution is 7.99. The molecule has 1 saturated heterocycles. The number of nitrogens with one attached hydrogen (secondary N) is 1. The molecule has 3 heterocycles. The molecule has 0 radical (unpaired) electrons. The Morgan fingerprint density at radius 1 is 1.27 bits per heavy atom. The first-order valence-corrected chi connectivity index (χ1v) is 13.3. The largest absolute Gasteiger partial charge is 0.462 e. The van der Waals surface area contributed by atoms with Gasteiger partial charge in [0.2, 0.25) is 5.91 Å². The van der Waals surface area contributed by atoms with Crippen LogP contribution in [0.4, 0.5) is 5.00 Å². The number of ether oxygens (including phenoxy) is 1. The first-order valence-electron chi connectivity index (χ1n) is 11.5. The summed E-state index contributed by atoms with van der Waals surface area (Å²) in [6.07, 6.45) is 6.45. The van der Waals surface area contributed by atoms with Gasteiger partial charge in [0, 0.05) is 24.2 Å². The predicted molar refractivity (Wildman–Crippen MR) is 130 cm³/mol. The van der Waals surface area contributed by atoms with Crippen LogP contribution in [0.3, 0.4) is 0 Å². The van der Waals surface area contributed by atoms with Crippen LogP contribution in [-0.2, 0) is 22.4 Å². The zero-order valence-corrected chi connectivity index (χ0v) is 20.7. The maximum atomic E-state index is 12.7. The lowest BCUT2D eigenvalue weighted by Gasteiger charge is -2.18. The van der Waals surface area contributed by atoms with Crippen LogP contribution in [0.25, 0.3) is 0 Å². The number of fused-ring (bicyclic) bond motifs is 1. The van der Waals surface area contributed by atoms with Crippen molar-refractivity contribution in [2.75, 3.05) is 30.8 Å². The standard InChI is InChI=1S/C24H29N3O4S2/c1-3-31-24(30)21-17-8-6-15(2)12-18(17)33-22(21)26-19(28)14-32-20-9-7-16(13-25-20)23(29)27-10-4-5-11-27/h7,9,13,15H,3-6,8,10-12,14H2,1-2H3,(H,26,28). The van der Waals surface area contributed by atoms with E-state index in [-0.39, 0.29) is 23.5 Å². The first kappa shape index (κ1) is 23.8. The molecular weight excluding hydrogens is 458 g/mol. The SMILES string of the molecule is CCOC(=O)c1c(NC(=O)CSc2ccc(C(=O)N3CCCC3)cn2)sc2c1CCC(C)C2. The van der Waals surface area contributed by atoms with E-state index in [0.29, 0.717) is 33.7 Å². The third kappa shape index (κ3) is 5.58. The van der Waals surface area contributed by atoms with Crippen LogP contribution in [0.15, 0.2) is 23.4 Å². The smallest absolute Gasteiger partial charge is 0.341 e. The van der Waals surface area contributed by atoms with Crippen molar-refractivity contribution >= 4 is 45.9 Å². The molecule has 0 aromatic carbocycles. The summed E-state index contributed by atoms with van der Waals surface area (Å²) in [6.45, 7) is 5.89. The summed E-state index contributed by atoms with van der Waals surface area (Å²) in [6, 6.07) is 3.54. The number of amides is 2. The van der Waals surface area contributed by atoms with Gasteiger partial charge in [0.25, 0.3) is 5.91 Å². The molecule has 0 saturated carbocycles. The zero-order valence-electron chi connectivity index (χ0n) is 19.0. The Balaban J connectivity index is 1.39. The van der Waals surface area contributed by atoms with E-state index in [1.54, 1.807) is 25.3 Å². The highest BCUT2D eigenvalue weighted by Gasteiger charge is 2.29. The Kier molecular flexibility index (Phi) is 7.70. The molecule has 1 N–H and O–H groups in total. The van der Waals surface area contributed by atoms with Crippen molar-refractivity contribution in [1.29, 1.82) is 0 Å². The molecule has 2 amide bonds. The van der Waals surface area contributed by atoms with Gasteiger partial charge in [0.15, 0.2) is 0 Å². The molecule has 9 heteroatoms. The van der Waals surface area contributed by atoms with Gasteiger partial charge in [-0.1, -0.05) is 18.7 Å². The summed E-state index contributed by atoms with van der Waals surface area (Å²) in [7, 11) is 0. The predicted octanol–water partition coefficient (Wildman–Crippen LogP) is 4.41. The molecule has 1 unspecified atom stereocenters. The molecule has 2 aromatic heterocycles. The van der Waals surface area contributed by atoms with Gasteiger partial charge < -0.3 is 15.0 Å². The summed E-state index contributed by atoms with van der Waals surface area (Å²) < 4.78 is 5.27. The molecule has 2 aromatic rings. The van der Waals surface area contributed by atoms with Crippen molar-refractivity contribution in [2.45, 2.75) is 51.0 Å². The Morgan fingerprint density at radius 2 is 2.06 bits per heavy atom. The number of anilines is 1. The second-order valence-corrected chi connectivity index (χ2v) is 10.6. The van der Waals surface area contributed by atoms with E-state index in [9.17, 15) is 14.4 Å². The molecular formula is C24H29N3O4S2. The van der Waals surface area contributed by atoms with Crippen LogP contribution in [0.2, 0.25) is 0 Å². The molecule has 176 valence electrons. The van der Waals surface area contributed by atoms with Gasteiger partial charge in [-0.3, -0.25) is 9.59 Å². The van der Waals surface area contributed by atoms with Gasteiger partial charge >= 0.3 is 5.97 Å². The number of pyridine rings is 1. The summed E-state index contributed by atoms with van der Waals surface area (Å²) >= 11 is 2.79. The number of carbonyl (C=O) groups excluding carboxylic acids is 3. The van der Waals surface area contributed by atoms with Gasteiger partial charge in [0.05, 0.1) is 28.5 Å². The number of rotatable bonds is 7. The Labute approximate surface area is 202 Å². The number of carbonyl (C=O) groups is 3. The lowest BCUT2D eigenvalue weighted by molar-refractivity contribution is -0.113. The lowest BCUT2D eigenvalue weighted by atomic mass is 9.88. The summed E-state index contributed by atoms with van der Waals surface area (Å²) in [5, 5.41) is 4.18. The Hall–Kier alpha value is -2.39. The minimum Gasteiger partial charge on any atom is -0.462 e. The topological polar surface area (TPSA) is 88.6 Å². The monoisotopic (exact) mass is 487 g/mol. The summed E-state index contributed by atoms with van der Waals surface area (Å²) in [4.78, 5) is 45.1. The van der Waals surface area contributed by atoms with Gasteiger partial charge in [-0.2, -0.15) is 0 Å². The van der Waals surface area contributed by atoms with E-state index in [1.165, 1.54) is 28.0 Å². The third-order valence-corrected chi connectivity index (χ3v) is 8.09. The van der Waals surface area contributed by atoms with Crippen molar-refractivity contribution in [3.63, 3.8) is 0 Å². The van der Waals surface area contributed by atoms with E-state index in [4.69, 9.17) is 4.74 Å². The highest BCUT2D eigenvalue weighted by atomic mass is 32.2. The summed E-state index contributed by atoms with van der Waals surface area (Å²) in [5.74, 6) is 0.172. The van der Waals surface area contributed by atoms with Crippen molar-refractivity contribution in [2.24, 2.45) is 5.92 Å². The number of esters is 1. The normalized spacial score (nSPS) is 17.5. The van der Waals surface area contributed by atoms with Crippen LogP contribution in [0.1, 0.15) is 64.3 Å². The van der Waals surface area contributed by atoms with Crippen molar-refractivity contribution < 1.29 is 19.1 Å². The number of hydrogen-bond donors (Lipinski definition) is 1. The number of thiophene rings is 1. The molecule has 1 atom stereocenters. The van der Waals surface area contributed by atoms with Crippen molar-refractivity contribution in [1.82, 2.24) is 9.88 Å². The van der Waals surface area contributed by atoms with Crippen LogP contribution in [0.5, 0.6) is 0 Å². The molecule has 4 rings (SSSR count). The van der Waals surface area contributed by atoms with Crippen LogP contribution in [0, 0.1) is 5.92 Å². The maximum Gasteiger partial charge on any atom is 0.341 e. The highest BCUT2D eigenvalue weighted by Crippen LogP contribution is 2.40. The second kappa shape index (κ2) is 10.7. The molecule has 1 aliphatic heterocycles. The Bertz CT molecular complexity index is 1030. The molecule has 0 spiro atoms. The van der Waals surface area contributed by atoms with Crippen LogP contribution in [-0.4, -0.2) is 53.1 Å². The third-order valence-electron chi connectivity index (χ3n) is 5.97. The first-order chi connectivity index (χ1) is 16.0. The number of hydrogen-bond acceptors (Lipinski definition) is 7. The lowest BCUT2D eigenvalue weighted by Crippen LogP contribution is -2.27. The van der Waals surface area contributed by atoms with Gasteiger partial charge in [-0.05, 0) is 62.6 Å². The van der Waals surface area contributed by atoms with E-state index in [1.807, 2.05) is 4.90 Å². The van der Waals surface area contributed by atoms with Crippen LogP contribution < -0.4 is 5.32 Å². The number of thioether (sulfide) groups is 1. The quantitative estimate of drug-likeness (QED) is 0.460. The molecule has 2 aliphatic rings. The van der Waals surface area contributed by atoms with Crippen molar-refractivity contribution in [3.05, 3.63) is 39.9 Å². The minimum absolute atomic E-state index is 0.0109. The minimum atomic E-state index is -0.368. The second-order valence-electron chi connectivity index (χ2n) is 8.50. The van der Waals surface area contributed by atoms with Gasteiger partial charge in [-0.25, -0.2) is 9.78 Å². The molecule has 1 aliphatic carbocycles. The Morgan fingerprint density at radius 3 is 2.76 bits per heavy atom. The average molecular weight is 488 g/mol. The fourth-order valence-electron chi connectivity index (χ4n) is 4.26. The van der Waals surface area contributed by atoms with Gasteiger partial charge in [0.1, 0.15) is 5.00 Å². The molecule has 0 bridgehead atoms. The van der Waals surface area contributed by atoms with Crippen LogP contribution >= 0.6 is 23.1 Å². The van der Waals surface area contributed by atoms with E-state index in [0.717, 1.165) is 50.8 Å². The molecule has 7 nitrogen and oxygen atoms in total. The fraction of sp³-hybridized carbons (Fsp3) is 0.500. The zero-order chi connectivity index (χ0) is 23.4. The average Bonchev–Trinajstić information content (AvgIpc) is 3.45. The fourth-order valence-corrected chi connectivity index (χ4v) is 6.31.